The van der Waals surface area contributed by atoms with Crippen LogP contribution < -0.4 is 4.74 Å². The number of aliphatic carboxylic acids is 1. The Morgan fingerprint density at radius 2 is 2.13 bits per heavy atom. The van der Waals surface area contributed by atoms with Crippen molar-refractivity contribution in [2.75, 3.05) is 7.11 Å². The predicted octanol–water partition coefficient (Wildman–Crippen LogP) is 2.66. The van der Waals surface area contributed by atoms with Crippen LogP contribution in [-0.4, -0.2) is 18.2 Å². The molecule has 0 aliphatic heterocycles. The fraction of sp³-hybridized carbons (Fsp3) is 0.417. The van der Waals surface area contributed by atoms with Crippen LogP contribution >= 0.6 is 0 Å². The molecule has 0 aliphatic rings. The zero-order chi connectivity index (χ0) is 11.3. The monoisotopic (exact) mass is 208 g/mol. The molecule has 0 amide bonds. The molecule has 0 bridgehead atoms. The van der Waals surface area contributed by atoms with Crippen molar-refractivity contribution in [2.45, 2.75) is 25.7 Å². The Hall–Kier alpha value is -1.51. The summed E-state index contributed by atoms with van der Waals surface area (Å²) in [6.45, 7) is 1.99. The molecule has 0 heterocycles. The molecule has 0 saturated heterocycles. The van der Waals surface area contributed by atoms with Crippen molar-refractivity contribution in [3.05, 3.63) is 29.8 Å². The van der Waals surface area contributed by atoms with Gasteiger partial charge in [-0.1, -0.05) is 25.1 Å². The standard InChI is InChI=1S/C12H16O3/c1-3-9(8-12(13)14)10-6-4-5-7-11(10)15-2/h4-7,9H,3,8H2,1-2H3,(H,13,14). The Kier molecular flexibility index (Phi) is 4.16. The van der Waals surface area contributed by atoms with Gasteiger partial charge in [-0.05, 0) is 24.0 Å². The third kappa shape index (κ3) is 2.98. The van der Waals surface area contributed by atoms with Crippen molar-refractivity contribution in [1.82, 2.24) is 0 Å². The van der Waals surface area contributed by atoms with Crippen molar-refractivity contribution in [3.63, 3.8) is 0 Å². The van der Waals surface area contributed by atoms with Crippen LogP contribution in [0.2, 0.25) is 0 Å². The fourth-order valence-corrected chi connectivity index (χ4v) is 1.69. The summed E-state index contributed by atoms with van der Waals surface area (Å²) < 4.78 is 5.22. The Bertz CT molecular complexity index is 333. The second-order valence-electron chi connectivity index (χ2n) is 3.44. The highest BCUT2D eigenvalue weighted by Crippen LogP contribution is 2.30. The lowest BCUT2D eigenvalue weighted by atomic mass is 9.92. The zero-order valence-corrected chi connectivity index (χ0v) is 9.06. The van der Waals surface area contributed by atoms with Crippen LogP contribution in [0.5, 0.6) is 5.75 Å². The van der Waals surface area contributed by atoms with E-state index in [1.54, 1.807) is 7.11 Å². The van der Waals surface area contributed by atoms with E-state index in [1.807, 2.05) is 31.2 Å². The molecule has 1 aromatic carbocycles. The maximum Gasteiger partial charge on any atom is 0.303 e. The average Bonchev–Trinajstić information content (AvgIpc) is 2.25. The summed E-state index contributed by atoms with van der Waals surface area (Å²) in [4.78, 5) is 10.7. The van der Waals surface area contributed by atoms with E-state index in [0.29, 0.717) is 0 Å². The van der Waals surface area contributed by atoms with Gasteiger partial charge in [0.1, 0.15) is 5.75 Å². The summed E-state index contributed by atoms with van der Waals surface area (Å²) in [5, 5.41) is 8.80. The summed E-state index contributed by atoms with van der Waals surface area (Å²) in [5.74, 6) is 0.0250. The molecule has 0 spiro atoms. The predicted molar refractivity (Wildman–Crippen MR) is 58.3 cm³/mol. The fourth-order valence-electron chi connectivity index (χ4n) is 1.69. The van der Waals surface area contributed by atoms with Gasteiger partial charge in [0.25, 0.3) is 0 Å². The number of carboxylic acids is 1. The van der Waals surface area contributed by atoms with Crippen LogP contribution in [0.15, 0.2) is 24.3 Å². The van der Waals surface area contributed by atoms with Gasteiger partial charge in [0, 0.05) is 0 Å². The molecule has 82 valence electrons. The number of benzene rings is 1. The van der Waals surface area contributed by atoms with E-state index in [2.05, 4.69) is 0 Å². The van der Waals surface area contributed by atoms with Crippen LogP contribution in [0.4, 0.5) is 0 Å². The van der Waals surface area contributed by atoms with Gasteiger partial charge in [-0.3, -0.25) is 4.79 Å². The van der Waals surface area contributed by atoms with Crippen molar-refractivity contribution in [2.24, 2.45) is 0 Å². The molecule has 1 aromatic rings. The van der Waals surface area contributed by atoms with E-state index < -0.39 is 5.97 Å². The molecule has 3 heteroatoms. The lowest BCUT2D eigenvalue weighted by molar-refractivity contribution is -0.137. The molecule has 1 atom stereocenters. The minimum Gasteiger partial charge on any atom is -0.496 e. The molecule has 15 heavy (non-hydrogen) atoms. The first kappa shape index (κ1) is 11.6. The van der Waals surface area contributed by atoms with Crippen molar-refractivity contribution in [1.29, 1.82) is 0 Å². The quantitative estimate of drug-likeness (QED) is 0.809. The highest BCUT2D eigenvalue weighted by Gasteiger charge is 2.16. The van der Waals surface area contributed by atoms with E-state index in [1.165, 1.54) is 0 Å². The largest absolute Gasteiger partial charge is 0.496 e. The molecule has 0 fully saturated rings. The number of methoxy groups -OCH3 is 1. The third-order valence-electron chi connectivity index (χ3n) is 2.49. The van der Waals surface area contributed by atoms with Crippen LogP contribution in [-0.2, 0) is 4.79 Å². The molecule has 1 rings (SSSR count). The summed E-state index contributed by atoms with van der Waals surface area (Å²) in [7, 11) is 1.60. The molecule has 1 N–H and O–H groups in total. The highest BCUT2D eigenvalue weighted by molar-refractivity contribution is 5.68. The highest BCUT2D eigenvalue weighted by atomic mass is 16.5. The molecule has 0 radical (unpaired) electrons. The molecule has 0 aliphatic carbocycles. The number of carboxylic acid groups (broad SMARTS) is 1. The Labute approximate surface area is 89.7 Å². The first-order valence-electron chi connectivity index (χ1n) is 5.03. The minimum atomic E-state index is -0.771. The molecular formula is C12H16O3. The molecule has 1 unspecified atom stereocenters. The van der Waals surface area contributed by atoms with Crippen LogP contribution in [0, 0.1) is 0 Å². The minimum absolute atomic E-state index is 0.0265. The van der Waals surface area contributed by atoms with Crippen molar-refractivity contribution < 1.29 is 14.6 Å². The van der Waals surface area contributed by atoms with Gasteiger partial charge in [0.15, 0.2) is 0 Å². The first-order valence-corrected chi connectivity index (χ1v) is 5.03. The number of para-hydroxylation sites is 1. The Balaban J connectivity index is 2.95. The maximum absolute atomic E-state index is 10.7. The summed E-state index contributed by atoms with van der Waals surface area (Å²) in [6, 6.07) is 7.58. The number of hydrogen-bond acceptors (Lipinski definition) is 2. The van der Waals surface area contributed by atoms with Gasteiger partial charge in [-0.15, -0.1) is 0 Å². The molecule has 0 saturated carbocycles. The third-order valence-corrected chi connectivity index (χ3v) is 2.49. The molecular weight excluding hydrogens is 192 g/mol. The van der Waals surface area contributed by atoms with Gasteiger partial charge >= 0.3 is 5.97 Å². The van der Waals surface area contributed by atoms with Gasteiger partial charge < -0.3 is 9.84 Å². The van der Waals surface area contributed by atoms with E-state index in [-0.39, 0.29) is 12.3 Å². The van der Waals surface area contributed by atoms with Crippen molar-refractivity contribution >= 4 is 5.97 Å². The Morgan fingerprint density at radius 1 is 1.47 bits per heavy atom. The normalized spacial score (nSPS) is 12.1. The SMILES string of the molecule is CCC(CC(=O)O)c1ccccc1OC. The van der Waals surface area contributed by atoms with E-state index in [9.17, 15) is 4.79 Å². The second kappa shape index (κ2) is 5.39. The zero-order valence-electron chi connectivity index (χ0n) is 9.06. The number of hydrogen-bond donors (Lipinski definition) is 1. The lowest BCUT2D eigenvalue weighted by Gasteiger charge is -2.16. The van der Waals surface area contributed by atoms with Crippen LogP contribution in [0.25, 0.3) is 0 Å². The van der Waals surface area contributed by atoms with Gasteiger partial charge in [0.05, 0.1) is 13.5 Å². The topological polar surface area (TPSA) is 46.5 Å². The number of carbonyl (C=O) groups is 1. The second-order valence-corrected chi connectivity index (χ2v) is 3.44. The summed E-state index contributed by atoms with van der Waals surface area (Å²) >= 11 is 0. The summed E-state index contributed by atoms with van der Waals surface area (Å²) in [5.41, 5.74) is 0.977. The van der Waals surface area contributed by atoms with Gasteiger partial charge in [-0.25, -0.2) is 0 Å². The lowest BCUT2D eigenvalue weighted by Crippen LogP contribution is -2.06. The number of rotatable bonds is 5. The van der Waals surface area contributed by atoms with Crippen LogP contribution in [0.1, 0.15) is 31.2 Å². The Morgan fingerprint density at radius 3 is 2.67 bits per heavy atom. The van der Waals surface area contributed by atoms with E-state index in [4.69, 9.17) is 9.84 Å². The maximum atomic E-state index is 10.7. The van der Waals surface area contributed by atoms with Gasteiger partial charge in [-0.2, -0.15) is 0 Å². The first-order chi connectivity index (χ1) is 7.19. The van der Waals surface area contributed by atoms with E-state index in [0.717, 1.165) is 17.7 Å². The smallest absolute Gasteiger partial charge is 0.303 e. The average molecular weight is 208 g/mol. The van der Waals surface area contributed by atoms with Crippen molar-refractivity contribution in [3.8, 4) is 5.75 Å². The van der Waals surface area contributed by atoms with E-state index >= 15 is 0 Å². The van der Waals surface area contributed by atoms with Gasteiger partial charge in [0.2, 0.25) is 0 Å². The van der Waals surface area contributed by atoms with Crippen LogP contribution in [0.3, 0.4) is 0 Å². The number of ether oxygens (including phenoxy) is 1. The molecule has 3 nitrogen and oxygen atoms in total. The molecule has 0 aromatic heterocycles. The summed E-state index contributed by atoms with van der Waals surface area (Å²) in [6.07, 6.45) is 0.948.